The third kappa shape index (κ3) is 6.98. The van der Waals surface area contributed by atoms with Crippen molar-refractivity contribution >= 4 is 5.91 Å². The molecular weight excluding hydrogens is 370 g/mol. The van der Waals surface area contributed by atoms with Crippen LogP contribution < -0.4 is 19.5 Å². The molecule has 1 saturated heterocycles. The molecule has 6 heteroatoms. The highest BCUT2D eigenvalue weighted by atomic mass is 16.5. The van der Waals surface area contributed by atoms with Crippen molar-refractivity contribution in [2.45, 2.75) is 38.3 Å². The van der Waals surface area contributed by atoms with E-state index in [9.17, 15) is 4.79 Å². The van der Waals surface area contributed by atoms with Crippen molar-refractivity contribution in [3.05, 3.63) is 54.1 Å². The summed E-state index contributed by atoms with van der Waals surface area (Å²) in [5.41, 5.74) is 0.959. The minimum Gasteiger partial charge on any atom is -0.494 e. The van der Waals surface area contributed by atoms with E-state index < -0.39 is 0 Å². The van der Waals surface area contributed by atoms with Gasteiger partial charge in [-0.05, 0) is 49.1 Å². The Balaban J connectivity index is 1.38. The zero-order valence-corrected chi connectivity index (χ0v) is 16.9. The van der Waals surface area contributed by atoms with Gasteiger partial charge in [-0.3, -0.25) is 4.79 Å². The molecule has 6 nitrogen and oxygen atoms in total. The number of methoxy groups -OCH3 is 1. The van der Waals surface area contributed by atoms with E-state index in [2.05, 4.69) is 5.32 Å². The second-order valence-electron chi connectivity index (χ2n) is 6.97. The highest BCUT2D eigenvalue weighted by molar-refractivity contribution is 5.75. The van der Waals surface area contributed by atoms with Gasteiger partial charge in [0.1, 0.15) is 12.4 Å². The fourth-order valence-electron chi connectivity index (χ4n) is 3.13. The molecule has 0 bridgehead atoms. The van der Waals surface area contributed by atoms with Crippen molar-refractivity contribution < 1.29 is 23.7 Å². The Labute approximate surface area is 172 Å². The summed E-state index contributed by atoms with van der Waals surface area (Å²) in [4.78, 5) is 12.1. The third-order valence-corrected chi connectivity index (χ3v) is 4.73. The first-order valence-corrected chi connectivity index (χ1v) is 10.1. The number of carbonyl (C=O) groups excluding carboxylic acids is 1. The van der Waals surface area contributed by atoms with Crippen molar-refractivity contribution in [3.63, 3.8) is 0 Å². The summed E-state index contributed by atoms with van der Waals surface area (Å²) in [7, 11) is 1.61. The molecule has 1 unspecified atom stereocenters. The molecule has 1 heterocycles. The molecule has 29 heavy (non-hydrogen) atoms. The Morgan fingerprint density at radius 3 is 2.76 bits per heavy atom. The standard InChI is InChI=1S/C23H29NO5/c1-26-22-15-18(11-12-21(22)29-17-20-9-5-13-28-20)16-24-23(25)10-6-14-27-19-7-3-2-4-8-19/h2-4,7-8,11-12,15,20H,5-6,9-10,13-14,16-17H2,1H3,(H,24,25). The summed E-state index contributed by atoms with van der Waals surface area (Å²) in [5.74, 6) is 2.17. The zero-order chi connectivity index (χ0) is 20.3. The minimum atomic E-state index is -0.000614. The monoisotopic (exact) mass is 399 g/mol. The third-order valence-electron chi connectivity index (χ3n) is 4.73. The van der Waals surface area contributed by atoms with Crippen LogP contribution in [0.3, 0.4) is 0 Å². The van der Waals surface area contributed by atoms with Gasteiger partial charge in [-0.1, -0.05) is 24.3 Å². The van der Waals surface area contributed by atoms with Crippen LogP contribution in [0.15, 0.2) is 48.5 Å². The van der Waals surface area contributed by atoms with Gasteiger partial charge in [0.15, 0.2) is 11.5 Å². The lowest BCUT2D eigenvalue weighted by atomic mass is 10.2. The number of rotatable bonds is 11. The highest BCUT2D eigenvalue weighted by Crippen LogP contribution is 2.29. The van der Waals surface area contributed by atoms with Crippen molar-refractivity contribution in [3.8, 4) is 17.2 Å². The molecule has 1 aliphatic rings. The first-order valence-electron chi connectivity index (χ1n) is 10.1. The highest BCUT2D eigenvalue weighted by Gasteiger charge is 2.17. The molecular formula is C23H29NO5. The van der Waals surface area contributed by atoms with E-state index in [1.54, 1.807) is 7.11 Å². The van der Waals surface area contributed by atoms with Crippen LogP contribution in [0.5, 0.6) is 17.2 Å². The predicted molar refractivity (Wildman–Crippen MR) is 110 cm³/mol. The average molecular weight is 399 g/mol. The number of nitrogens with one attached hydrogen (secondary N) is 1. The van der Waals surface area contributed by atoms with Crippen molar-refractivity contribution in [1.29, 1.82) is 0 Å². The zero-order valence-electron chi connectivity index (χ0n) is 16.9. The average Bonchev–Trinajstić information content (AvgIpc) is 3.28. The Morgan fingerprint density at radius 1 is 1.14 bits per heavy atom. The van der Waals surface area contributed by atoms with E-state index in [1.807, 2.05) is 48.5 Å². The SMILES string of the molecule is COc1cc(CNC(=O)CCCOc2ccccc2)ccc1OCC1CCCO1. The van der Waals surface area contributed by atoms with Gasteiger partial charge in [-0.15, -0.1) is 0 Å². The van der Waals surface area contributed by atoms with Gasteiger partial charge in [0.05, 0.1) is 19.8 Å². The van der Waals surface area contributed by atoms with Crippen LogP contribution in [0, 0.1) is 0 Å². The summed E-state index contributed by atoms with van der Waals surface area (Å²) in [6.07, 6.45) is 3.36. The maximum absolute atomic E-state index is 12.1. The van der Waals surface area contributed by atoms with Crippen LogP contribution in [0.4, 0.5) is 0 Å². The van der Waals surface area contributed by atoms with Gasteiger partial charge in [0.2, 0.25) is 5.91 Å². The van der Waals surface area contributed by atoms with Crippen LogP contribution in [-0.2, 0) is 16.1 Å². The van der Waals surface area contributed by atoms with Gasteiger partial charge >= 0.3 is 0 Å². The molecule has 0 radical (unpaired) electrons. The van der Waals surface area contributed by atoms with E-state index in [4.69, 9.17) is 18.9 Å². The van der Waals surface area contributed by atoms with Gasteiger partial charge in [-0.25, -0.2) is 0 Å². The molecule has 1 aliphatic heterocycles. The van der Waals surface area contributed by atoms with Gasteiger partial charge < -0.3 is 24.3 Å². The maximum Gasteiger partial charge on any atom is 0.220 e. The van der Waals surface area contributed by atoms with E-state index in [0.29, 0.717) is 44.1 Å². The van der Waals surface area contributed by atoms with Crippen LogP contribution in [0.25, 0.3) is 0 Å². The lowest BCUT2D eigenvalue weighted by Crippen LogP contribution is -2.23. The molecule has 0 aromatic heterocycles. The molecule has 3 rings (SSSR count). The molecule has 0 spiro atoms. The fourth-order valence-corrected chi connectivity index (χ4v) is 3.13. The molecule has 1 amide bonds. The number of ether oxygens (including phenoxy) is 4. The Kier molecular flexibility index (Phi) is 8.19. The Morgan fingerprint density at radius 2 is 2.00 bits per heavy atom. The van der Waals surface area contributed by atoms with E-state index in [1.165, 1.54) is 0 Å². The molecule has 1 N–H and O–H groups in total. The molecule has 1 fully saturated rings. The van der Waals surface area contributed by atoms with Crippen LogP contribution in [0.1, 0.15) is 31.2 Å². The minimum absolute atomic E-state index is 0.000614. The largest absolute Gasteiger partial charge is 0.494 e. The molecule has 2 aromatic rings. The molecule has 0 aliphatic carbocycles. The topological polar surface area (TPSA) is 66.0 Å². The second kappa shape index (κ2) is 11.3. The van der Waals surface area contributed by atoms with Crippen LogP contribution in [0.2, 0.25) is 0 Å². The van der Waals surface area contributed by atoms with E-state index in [-0.39, 0.29) is 12.0 Å². The van der Waals surface area contributed by atoms with Gasteiger partial charge in [0, 0.05) is 19.6 Å². The first-order chi connectivity index (χ1) is 14.2. The van der Waals surface area contributed by atoms with Gasteiger partial charge in [0.25, 0.3) is 0 Å². The number of benzene rings is 2. The van der Waals surface area contributed by atoms with Gasteiger partial charge in [-0.2, -0.15) is 0 Å². The van der Waals surface area contributed by atoms with Crippen molar-refractivity contribution in [2.75, 3.05) is 26.9 Å². The quantitative estimate of drug-likeness (QED) is 0.583. The number of amides is 1. The summed E-state index contributed by atoms with van der Waals surface area (Å²) in [6, 6.07) is 15.3. The van der Waals surface area contributed by atoms with Crippen LogP contribution >= 0.6 is 0 Å². The summed E-state index contributed by atoms with van der Waals surface area (Å²) in [5, 5.41) is 2.93. The number of para-hydroxylation sites is 1. The second-order valence-corrected chi connectivity index (χ2v) is 6.97. The molecule has 0 saturated carbocycles. The predicted octanol–water partition coefficient (Wildman–Crippen LogP) is 3.73. The molecule has 1 atom stereocenters. The summed E-state index contributed by atoms with van der Waals surface area (Å²) >= 11 is 0. The van der Waals surface area contributed by atoms with Crippen molar-refractivity contribution in [1.82, 2.24) is 5.32 Å². The number of carbonyl (C=O) groups is 1. The Hall–Kier alpha value is -2.73. The lowest BCUT2D eigenvalue weighted by molar-refractivity contribution is -0.121. The summed E-state index contributed by atoms with van der Waals surface area (Å²) < 4.78 is 22.5. The Bertz CT molecular complexity index is 759. The fraction of sp³-hybridized carbons (Fsp3) is 0.435. The number of hydrogen-bond donors (Lipinski definition) is 1. The maximum atomic E-state index is 12.1. The smallest absolute Gasteiger partial charge is 0.220 e. The molecule has 156 valence electrons. The lowest BCUT2D eigenvalue weighted by Gasteiger charge is -2.15. The first kappa shape index (κ1) is 21.0. The van der Waals surface area contributed by atoms with Crippen molar-refractivity contribution in [2.24, 2.45) is 0 Å². The normalized spacial score (nSPS) is 15.7. The number of hydrogen-bond acceptors (Lipinski definition) is 5. The van der Waals surface area contributed by atoms with E-state index >= 15 is 0 Å². The molecule has 2 aromatic carbocycles. The van der Waals surface area contributed by atoms with E-state index in [0.717, 1.165) is 30.8 Å². The van der Waals surface area contributed by atoms with Crippen LogP contribution in [-0.4, -0.2) is 38.9 Å². The summed E-state index contributed by atoms with van der Waals surface area (Å²) in [6.45, 7) is 2.29.